The van der Waals surface area contributed by atoms with Crippen LogP contribution < -0.4 is 5.32 Å². The molecule has 0 heterocycles. The van der Waals surface area contributed by atoms with Gasteiger partial charge in [-0.05, 0) is 6.07 Å². The molecule has 1 rings (SSSR count). The van der Waals surface area contributed by atoms with Gasteiger partial charge in [0.2, 0.25) is 10.0 Å². The molecule has 0 spiro atoms. The monoisotopic (exact) mass is 303 g/mol. The van der Waals surface area contributed by atoms with Gasteiger partial charge in [-0.25, -0.2) is 8.42 Å². The van der Waals surface area contributed by atoms with Crippen LogP contribution in [0.15, 0.2) is 23.1 Å². The third-order valence-corrected chi connectivity index (χ3v) is 4.66. The van der Waals surface area contributed by atoms with Crippen LogP contribution in [0.1, 0.15) is 0 Å². The number of nitro groups is 1. The Bertz CT molecular complexity index is 588. The Morgan fingerprint density at radius 3 is 2.60 bits per heavy atom. The molecule has 0 aliphatic carbocycles. The van der Waals surface area contributed by atoms with Crippen LogP contribution in [-0.2, 0) is 14.8 Å². The van der Waals surface area contributed by atoms with Crippen molar-refractivity contribution in [2.24, 2.45) is 0 Å². The number of hydrogen-bond donors (Lipinski definition) is 1. The van der Waals surface area contributed by atoms with E-state index in [1.165, 1.54) is 33.3 Å². The minimum atomic E-state index is -3.73. The number of benzene rings is 1. The van der Waals surface area contributed by atoms with Gasteiger partial charge in [0.25, 0.3) is 5.69 Å². The maximum absolute atomic E-state index is 12.4. The number of nitrogens with one attached hydrogen (secondary N) is 1. The van der Waals surface area contributed by atoms with Crippen molar-refractivity contribution in [1.29, 1.82) is 0 Å². The van der Waals surface area contributed by atoms with Crippen LogP contribution in [0.25, 0.3) is 0 Å². The molecule has 0 unspecified atom stereocenters. The number of sulfonamides is 1. The van der Waals surface area contributed by atoms with Crippen molar-refractivity contribution >= 4 is 21.4 Å². The van der Waals surface area contributed by atoms with Gasteiger partial charge < -0.3 is 10.1 Å². The first-order chi connectivity index (χ1) is 9.34. The van der Waals surface area contributed by atoms with Crippen LogP contribution in [0, 0.1) is 10.1 Å². The lowest BCUT2D eigenvalue weighted by atomic mass is 10.3. The van der Waals surface area contributed by atoms with Crippen molar-refractivity contribution in [2.45, 2.75) is 4.90 Å². The molecule has 1 N–H and O–H groups in total. The minimum Gasteiger partial charge on any atom is -0.387 e. The van der Waals surface area contributed by atoms with E-state index in [1.54, 1.807) is 0 Å². The van der Waals surface area contributed by atoms with Crippen molar-refractivity contribution in [3.05, 3.63) is 28.3 Å². The van der Waals surface area contributed by atoms with Crippen molar-refractivity contribution in [1.82, 2.24) is 4.31 Å². The first kappa shape index (κ1) is 16.3. The molecule has 1 aromatic carbocycles. The lowest BCUT2D eigenvalue weighted by Gasteiger charge is -2.18. The lowest BCUT2D eigenvalue weighted by Crippen LogP contribution is -2.30. The topological polar surface area (TPSA) is 102 Å². The molecule has 0 saturated carbocycles. The first-order valence-corrected chi connectivity index (χ1v) is 7.20. The smallest absolute Gasteiger partial charge is 0.271 e. The summed E-state index contributed by atoms with van der Waals surface area (Å²) in [6.07, 6.45) is 0. The predicted molar refractivity (Wildman–Crippen MR) is 74.3 cm³/mol. The second-order valence-corrected chi connectivity index (χ2v) is 6.02. The Kier molecular flexibility index (Phi) is 5.43. The summed E-state index contributed by atoms with van der Waals surface area (Å²) in [5.41, 5.74) is 0.0105. The van der Waals surface area contributed by atoms with E-state index in [-0.39, 0.29) is 29.4 Å². The number of non-ortho nitro benzene ring substituents is 1. The second-order valence-electron chi connectivity index (χ2n) is 4.01. The van der Waals surface area contributed by atoms with E-state index in [0.717, 1.165) is 10.4 Å². The fraction of sp³-hybridized carbons (Fsp3) is 0.455. The highest BCUT2D eigenvalue weighted by molar-refractivity contribution is 7.89. The number of nitrogens with zero attached hydrogens (tertiary/aromatic N) is 2. The van der Waals surface area contributed by atoms with E-state index in [1.807, 2.05) is 0 Å². The van der Waals surface area contributed by atoms with Crippen molar-refractivity contribution in [3.63, 3.8) is 0 Å². The van der Waals surface area contributed by atoms with Gasteiger partial charge in [-0.15, -0.1) is 0 Å². The largest absolute Gasteiger partial charge is 0.387 e. The molecule has 112 valence electrons. The van der Waals surface area contributed by atoms with Gasteiger partial charge in [-0.2, -0.15) is 4.31 Å². The quantitative estimate of drug-likeness (QED) is 0.593. The molecular formula is C11H17N3O5S. The highest BCUT2D eigenvalue weighted by Gasteiger charge is 2.25. The molecule has 1 aromatic rings. The van der Waals surface area contributed by atoms with Crippen molar-refractivity contribution < 1.29 is 18.1 Å². The molecule has 0 aliphatic rings. The summed E-state index contributed by atoms with van der Waals surface area (Å²) in [4.78, 5) is 10.1. The summed E-state index contributed by atoms with van der Waals surface area (Å²) >= 11 is 0. The van der Waals surface area contributed by atoms with E-state index in [0.29, 0.717) is 0 Å². The van der Waals surface area contributed by atoms with Gasteiger partial charge >= 0.3 is 0 Å². The summed E-state index contributed by atoms with van der Waals surface area (Å²) in [7, 11) is 0.682. The van der Waals surface area contributed by atoms with Crippen molar-refractivity contribution in [2.75, 3.05) is 39.7 Å². The average Bonchev–Trinajstić information content (AvgIpc) is 2.43. The third kappa shape index (κ3) is 3.44. The van der Waals surface area contributed by atoms with Crippen LogP contribution >= 0.6 is 0 Å². The molecule has 0 aromatic heterocycles. The summed E-state index contributed by atoms with van der Waals surface area (Å²) in [6, 6.07) is 3.58. The maximum Gasteiger partial charge on any atom is 0.271 e. The molecule has 0 aliphatic heterocycles. The number of nitro benzene ring substituents is 1. The molecule has 0 radical (unpaired) electrons. The van der Waals surface area contributed by atoms with Gasteiger partial charge in [0.05, 0.1) is 17.2 Å². The Hall–Kier alpha value is -1.71. The number of likely N-dealkylation sites (N-methyl/N-ethyl adjacent to an activating group) is 1. The number of methoxy groups -OCH3 is 1. The van der Waals surface area contributed by atoms with Crippen LogP contribution in [0.2, 0.25) is 0 Å². The molecular weight excluding hydrogens is 286 g/mol. The number of ether oxygens (including phenoxy) is 1. The number of hydrogen-bond acceptors (Lipinski definition) is 6. The molecule has 0 bridgehead atoms. The Morgan fingerprint density at radius 1 is 1.45 bits per heavy atom. The van der Waals surface area contributed by atoms with Crippen molar-refractivity contribution in [3.8, 4) is 0 Å². The fourth-order valence-corrected chi connectivity index (χ4v) is 2.89. The van der Waals surface area contributed by atoms with Gasteiger partial charge in [0.15, 0.2) is 0 Å². The number of anilines is 1. The zero-order valence-electron chi connectivity index (χ0n) is 11.5. The second kappa shape index (κ2) is 6.64. The fourth-order valence-electron chi connectivity index (χ4n) is 1.56. The summed E-state index contributed by atoms with van der Waals surface area (Å²) in [5, 5.41) is 13.4. The lowest BCUT2D eigenvalue weighted by molar-refractivity contribution is -0.384. The van der Waals surface area contributed by atoms with Gasteiger partial charge in [-0.1, -0.05) is 0 Å². The highest BCUT2D eigenvalue weighted by Crippen LogP contribution is 2.27. The SMILES string of the molecule is CNc1cc([N+](=O)[O-])ccc1S(=O)(=O)N(C)CCOC. The van der Waals surface area contributed by atoms with E-state index >= 15 is 0 Å². The number of rotatable bonds is 7. The normalized spacial score (nSPS) is 11.6. The Balaban J connectivity index is 3.21. The standard InChI is InChI=1S/C11H17N3O5S/c1-12-10-8-9(14(15)16)4-5-11(10)20(17,18)13(2)6-7-19-3/h4-5,8,12H,6-7H2,1-3H3. The van der Waals surface area contributed by atoms with Gasteiger partial charge in [0, 0.05) is 39.9 Å². The van der Waals surface area contributed by atoms with Crippen LogP contribution in [-0.4, -0.2) is 52.0 Å². The minimum absolute atomic E-state index is 0.01000. The summed E-state index contributed by atoms with van der Waals surface area (Å²) in [5.74, 6) is 0. The predicted octanol–water partition coefficient (Wildman–Crippen LogP) is 0.903. The van der Waals surface area contributed by atoms with Gasteiger partial charge in [0.1, 0.15) is 4.90 Å². The Morgan fingerprint density at radius 2 is 2.10 bits per heavy atom. The Labute approximate surface area is 117 Å². The molecule has 8 nitrogen and oxygen atoms in total. The zero-order chi connectivity index (χ0) is 15.3. The zero-order valence-corrected chi connectivity index (χ0v) is 12.3. The molecule has 0 atom stereocenters. The molecule has 0 saturated heterocycles. The molecule has 9 heteroatoms. The van der Waals surface area contributed by atoms with Crippen LogP contribution in [0.3, 0.4) is 0 Å². The summed E-state index contributed by atoms with van der Waals surface area (Å²) in [6.45, 7) is 0.455. The third-order valence-electron chi connectivity index (χ3n) is 2.74. The average molecular weight is 303 g/mol. The molecule has 0 fully saturated rings. The molecule has 0 amide bonds. The van der Waals surface area contributed by atoms with Gasteiger partial charge in [-0.3, -0.25) is 10.1 Å². The van der Waals surface area contributed by atoms with E-state index in [9.17, 15) is 18.5 Å². The van der Waals surface area contributed by atoms with Crippen LogP contribution in [0.5, 0.6) is 0 Å². The summed E-state index contributed by atoms with van der Waals surface area (Å²) < 4.78 is 30.7. The van der Waals surface area contributed by atoms with Crippen LogP contribution in [0.4, 0.5) is 11.4 Å². The van der Waals surface area contributed by atoms with E-state index in [4.69, 9.17) is 4.74 Å². The maximum atomic E-state index is 12.4. The van der Waals surface area contributed by atoms with E-state index in [2.05, 4.69) is 5.32 Å². The highest BCUT2D eigenvalue weighted by atomic mass is 32.2. The first-order valence-electron chi connectivity index (χ1n) is 5.76. The molecule has 20 heavy (non-hydrogen) atoms. The van der Waals surface area contributed by atoms with E-state index < -0.39 is 14.9 Å².